The minimum Gasteiger partial charge on any atom is -0.346 e. The number of carbonyl (C=O) groups excluding carboxylic acids is 1. The minimum atomic E-state index is -0.00787. The van der Waals surface area contributed by atoms with Gasteiger partial charge >= 0.3 is 0 Å². The molecule has 1 atom stereocenters. The molecule has 5 rings (SSSR count). The highest BCUT2D eigenvalue weighted by Crippen LogP contribution is 2.41. The highest BCUT2D eigenvalue weighted by atomic mass is 16.2. The van der Waals surface area contributed by atoms with Crippen LogP contribution in [0, 0.1) is 18.3 Å². The number of likely N-dealkylation sites (N-methyl/N-ethyl adjacent to an activating group) is 1. The minimum absolute atomic E-state index is 0.00604. The van der Waals surface area contributed by atoms with E-state index < -0.39 is 0 Å². The van der Waals surface area contributed by atoms with Gasteiger partial charge in [-0.25, -0.2) is 4.98 Å². The first-order valence-electron chi connectivity index (χ1n) is 12.0. The maximum atomic E-state index is 13.2. The summed E-state index contributed by atoms with van der Waals surface area (Å²) in [5.41, 5.74) is 7.13. The number of carbonyl (C=O) groups is 1. The van der Waals surface area contributed by atoms with E-state index in [0.29, 0.717) is 25.2 Å². The molecule has 4 heterocycles. The maximum Gasteiger partial charge on any atom is 0.246 e. The predicted molar refractivity (Wildman–Crippen MR) is 140 cm³/mol. The van der Waals surface area contributed by atoms with E-state index in [-0.39, 0.29) is 11.9 Å². The van der Waals surface area contributed by atoms with Gasteiger partial charge in [0.1, 0.15) is 11.3 Å². The number of aryl methyl sites for hydroxylation is 1. The van der Waals surface area contributed by atoms with Gasteiger partial charge in [-0.1, -0.05) is 18.2 Å². The number of H-pyrrole nitrogens is 1. The number of fused-ring (bicyclic) bond motifs is 2. The number of aromatic nitrogens is 4. The lowest BCUT2D eigenvalue weighted by Gasteiger charge is -2.33. The van der Waals surface area contributed by atoms with Crippen LogP contribution in [0.15, 0.2) is 54.9 Å². The summed E-state index contributed by atoms with van der Waals surface area (Å²) in [4.78, 5) is 24.9. The number of amides is 1. The Kier molecular flexibility index (Phi) is 6.17. The third-order valence-electron chi connectivity index (χ3n) is 6.67. The maximum absolute atomic E-state index is 13.2. The fourth-order valence-corrected chi connectivity index (χ4v) is 4.88. The van der Waals surface area contributed by atoms with Gasteiger partial charge in [0, 0.05) is 47.6 Å². The molecule has 0 fully saturated rings. The first-order chi connectivity index (χ1) is 17.4. The molecule has 182 valence electrons. The third kappa shape index (κ3) is 4.18. The number of hydrogen-bond acceptors (Lipinski definition) is 5. The molecule has 36 heavy (non-hydrogen) atoms. The molecule has 1 N–H and O–H groups in total. The van der Waals surface area contributed by atoms with Gasteiger partial charge in [-0.05, 0) is 57.3 Å². The Morgan fingerprint density at radius 3 is 2.94 bits per heavy atom. The van der Waals surface area contributed by atoms with Crippen LogP contribution in [0.3, 0.4) is 0 Å². The number of nitrogens with one attached hydrogen (secondary N) is 1. The number of rotatable bonds is 5. The molecular formula is C28H29N7O. The predicted octanol–water partition coefficient (Wildman–Crippen LogP) is 4.12. The monoisotopic (exact) mass is 479 g/mol. The molecule has 1 aliphatic rings. The summed E-state index contributed by atoms with van der Waals surface area (Å²) in [6.45, 7) is 5.86. The zero-order valence-corrected chi connectivity index (χ0v) is 21.0. The molecule has 0 spiro atoms. The van der Waals surface area contributed by atoms with E-state index >= 15 is 0 Å². The Hall–Kier alpha value is -4.22. The van der Waals surface area contributed by atoms with Crippen LogP contribution in [0.25, 0.3) is 33.4 Å². The summed E-state index contributed by atoms with van der Waals surface area (Å²) in [7, 11) is 3.95. The number of benzene rings is 1. The van der Waals surface area contributed by atoms with Crippen LogP contribution in [-0.4, -0.2) is 62.1 Å². The first kappa shape index (κ1) is 23.5. The Bertz CT molecular complexity index is 1520. The molecule has 8 nitrogen and oxygen atoms in total. The van der Waals surface area contributed by atoms with Crippen LogP contribution in [0.5, 0.6) is 0 Å². The van der Waals surface area contributed by atoms with Crippen molar-refractivity contribution in [2.75, 3.05) is 20.6 Å². The quantitative estimate of drug-likeness (QED) is 0.435. The van der Waals surface area contributed by atoms with Crippen molar-refractivity contribution in [2.24, 2.45) is 0 Å². The lowest BCUT2D eigenvalue weighted by molar-refractivity contribution is -0.129. The zero-order chi connectivity index (χ0) is 25.4. The van der Waals surface area contributed by atoms with Crippen molar-refractivity contribution in [2.45, 2.75) is 33.0 Å². The molecule has 0 radical (unpaired) electrons. The van der Waals surface area contributed by atoms with E-state index in [2.05, 4.69) is 29.9 Å². The van der Waals surface area contributed by atoms with Gasteiger partial charge in [0.25, 0.3) is 0 Å². The largest absolute Gasteiger partial charge is 0.346 e. The van der Waals surface area contributed by atoms with E-state index in [0.717, 1.165) is 44.7 Å². The van der Waals surface area contributed by atoms with Crippen molar-refractivity contribution < 1.29 is 4.79 Å². The molecular weight excluding hydrogens is 450 g/mol. The fraction of sp³-hybridized carbons (Fsp3) is 0.286. The van der Waals surface area contributed by atoms with E-state index in [1.54, 1.807) is 18.3 Å². The molecule has 0 bridgehead atoms. The van der Waals surface area contributed by atoms with Crippen molar-refractivity contribution in [3.63, 3.8) is 0 Å². The summed E-state index contributed by atoms with van der Waals surface area (Å²) in [6, 6.07) is 11.8. The molecule has 4 aromatic rings. The van der Waals surface area contributed by atoms with Crippen molar-refractivity contribution in [3.8, 4) is 28.5 Å². The summed E-state index contributed by atoms with van der Waals surface area (Å²) < 4.78 is 2.02. The number of pyridine rings is 1. The van der Waals surface area contributed by atoms with Crippen LogP contribution in [0.1, 0.15) is 23.7 Å². The Morgan fingerprint density at radius 2 is 2.17 bits per heavy atom. The van der Waals surface area contributed by atoms with E-state index in [1.165, 1.54) is 0 Å². The second kappa shape index (κ2) is 9.44. The molecule has 0 saturated carbocycles. The molecule has 1 amide bonds. The molecule has 8 heteroatoms. The van der Waals surface area contributed by atoms with Gasteiger partial charge in [0.05, 0.1) is 30.4 Å². The lowest BCUT2D eigenvalue weighted by atomic mass is 9.94. The van der Waals surface area contributed by atoms with Crippen LogP contribution < -0.4 is 0 Å². The number of hydrogen-bond donors (Lipinski definition) is 1. The normalized spacial score (nSPS) is 15.6. The summed E-state index contributed by atoms with van der Waals surface area (Å²) >= 11 is 0. The second-order valence-corrected chi connectivity index (χ2v) is 9.58. The van der Waals surface area contributed by atoms with E-state index in [4.69, 9.17) is 5.10 Å². The standard InChI is InChI=1S/C28H29N7O/c1-18-15-31-28-25(18)22(10-11-30-28)26-23-17-34(24(36)9-6-12-33(3)4)19(2)16-35(23)32-27(26)21-8-5-7-20(13-21)14-29/h5-11,13,15,19H,12,16-17H2,1-4H3,(H,30,31)/b9-6+/t19-/m1/s1. The van der Waals surface area contributed by atoms with E-state index in [1.807, 2.05) is 65.1 Å². The number of aromatic amines is 1. The zero-order valence-electron chi connectivity index (χ0n) is 21.0. The Morgan fingerprint density at radius 1 is 1.33 bits per heavy atom. The first-order valence-corrected chi connectivity index (χ1v) is 12.0. The highest BCUT2D eigenvalue weighted by Gasteiger charge is 2.32. The Balaban J connectivity index is 1.68. The van der Waals surface area contributed by atoms with Crippen molar-refractivity contribution in [1.82, 2.24) is 29.5 Å². The van der Waals surface area contributed by atoms with Crippen LogP contribution in [0.2, 0.25) is 0 Å². The summed E-state index contributed by atoms with van der Waals surface area (Å²) in [6.07, 6.45) is 7.32. The Labute approximate surface area is 210 Å². The molecule has 0 unspecified atom stereocenters. The number of nitriles is 1. The summed E-state index contributed by atoms with van der Waals surface area (Å²) in [5.74, 6) is -0.00604. The van der Waals surface area contributed by atoms with Crippen LogP contribution in [-0.2, 0) is 17.9 Å². The molecule has 0 saturated heterocycles. The second-order valence-electron chi connectivity index (χ2n) is 9.58. The average molecular weight is 480 g/mol. The molecule has 3 aromatic heterocycles. The molecule has 1 aliphatic heterocycles. The topological polar surface area (TPSA) is 93.8 Å². The smallest absolute Gasteiger partial charge is 0.246 e. The summed E-state index contributed by atoms with van der Waals surface area (Å²) in [5, 5.41) is 15.6. The highest BCUT2D eigenvalue weighted by molar-refractivity contribution is 6.00. The average Bonchev–Trinajstić information content (AvgIpc) is 3.43. The fourth-order valence-electron chi connectivity index (χ4n) is 4.88. The van der Waals surface area contributed by atoms with Crippen molar-refractivity contribution in [1.29, 1.82) is 5.26 Å². The van der Waals surface area contributed by atoms with Gasteiger partial charge in [-0.15, -0.1) is 0 Å². The molecule has 0 aliphatic carbocycles. The van der Waals surface area contributed by atoms with Crippen LogP contribution in [0.4, 0.5) is 0 Å². The van der Waals surface area contributed by atoms with Crippen molar-refractivity contribution >= 4 is 16.9 Å². The van der Waals surface area contributed by atoms with Gasteiger partial charge in [0.15, 0.2) is 0 Å². The van der Waals surface area contributed by atoms with Gasteiger partial charge in [-0.2, -0.15) is 10.4 Å². The number of nitrogens with zero attached hydrogens (tertiary/aromatic N) is 6. The van der Waals surface area contributed by atoms with Crippen LogP contribution >= 0.6 is 0 Å². The SMILES string of the molecule is Cc1c[nH]c2nccc(-c3c(-c4cccc(C#N)c4)nn4c3CN(C(=O)/C=C/CN(C)C)[C@H](C)C4)c12. The third-order valence-corrected chi connectivity index (χ3v) is 6.67. The van der Waals surface area contributed by atoms with Gasteiger partial charge in [0.2, 0.25) is 5.91 Å². The van der Waals surface area contributed by atoms with Gasteiger partial charge in [-0.3, -0.25) is 9.48 Å². The lowest BCUT2D eigenvalue weighted by Crippen LogP contribution is -2.44. The molecule has 1 aromatic carbocycles. The van der Waals surface area contributed by atoms with Crippen molar-refractivity contribution in [3.05, 3.63) is 71.7 Å². The van der Waals surface area contributed by atoms with E-state index in [9.17, 15) is 10.1 Å². The van der Waals surface area contributed by atoms with Gasteiger partial charge < -0.3 is 14.8 Å².